The third-order valence-electron chi connectivity index (χ3n) is 4.56. The molecule has 0 atom stereocenters. The lowest BCUT2D eigenvalue weighted by molar-refractivity contribution is 0.179. The van der Waals surface area contributed by atoms with E-state index in [4.69, 9.17) is 0 Å². The Labute approximate surface area is 148 Å². The van der Waals surface area contributed by atoms with Crippen molar-refractivity contribution in [3.63, 3.8) is 0 Å². The van der Waals surface area contributed by atoms with Crippen molar-refractivity contribution in [3.8, 4) is 0 Å². The van der Waals surface area contributed by atoms with Gasteiger partial charge in [0, 0.05) is 13.1 Å². The SMILES string of the molecule is Cc1cccc(S(=O)(=O)NCC2CCN(Cc3ccsc3)CC2)c1. The summed E-state index contributed by atoms with van der Waals surface area (Å²) in [6.45, 7) is 5.51. The number of sulfonamides is 1. The number of benzene rings is 1. The molecule has 1 saturated heterocycles. The summed E-state index contributed by atoms with van der Waals surface area (Å²) in [5.74, 6) is 0.420. The van der Waals surface area contributed by atoms with Gasteiger partial charge in [-0.25, -0.2) is 13.1 Å². The van der Waals surface area contributed by atoms with E-state index in [0.29, 0.717) is 17.4 Å². The van der Waals surface area contributed by atoms with Crippen molar-refractivity contribution in [3.05, 3.63) is 52.2 Å². The Bertz CT molecular complexity index is 749. The molecular formula is C18H24N2O2S2. The van der Waals surface area contributed by atoms with Gasteiger partial charge in [-0.2, -0.15) is 11.3 Å². The summed E-state index contributed by atoms with van der Waals surface area (Å²) in [6.07, 6.45) is 2.08. The van der Waals surface area contributed by atoms with Gasteiger partial charge in [-0.05, 0) is 78.9 Å². The van der Waals surface area contributed by atoms with Gasteiger partial charge in [0.05, 0.1) is 4.90 Å². The highest BCUT2D eigenvalue weighted by molar-refractivity contribution is 7.89. The van der Waals surface area contributed by atoms with Crippen LogP contribution in [-0.4, -0.2) is 33.0 Å². The molecule has 3 rings (SSSR count). The molecule has 0 bridgehead atoms. The van der Waals surface area contributed by atoms with Crippen LogP contribution in [0.15, 0.2) is 46.0 Å². The summed E-state index contributed by atoms with van der Waals surface area (Å²) in [5.41, 5.74) is 2.33. The largest absolute Gasteiger partial charge is 0.299 e. The Balaban J connectivity index is 1.48. The number of piperidine rings is 1. The minimum Gasteiger partial charge on any atom is -0.299 e. The van der Waals surface area contributed by atoms with E-state index in [1.807, 2.05) is 13.0 Å². The Morgan fingerprint density at radius 3 is 2.71 bits per heavy atom. The fraction of sp³-hybridized carbons (Fsp3) is 0.444. The number of aryl methyl sites for hydroxylation is 1. The van der Waals surface area contributed by atoms with Gasteiger partial charge in [0.2, 0.25) is 10.0 Å². The maximum Gasteiger partial charge on any atom is 0.240 e. The van der Waals surface area contributed by atoms with E-state index in [1.54, 1.807) is 29.5 Å². The highest BCUT2D eigenvalue weighted by Crippen LogP contribution is 2.20. The van der Waals surface area contributed by atoms with Crippen LogP contribution in [0.3, 0.4) is 0 Å². The smallest absolute Gasteiger partial charge is 0.240 e. The van der Waals surface area contributed by atoms with Gasteiger partial charge < -0.3 is 0 Å². The second-order valence-corrected chi connectivity index (χ2v) is 9.07. The summed E-state index contributed by atoms with van der Waals surface area (Å²) in [6, 6.07) is 9.23. The predicted octanol–water partition coefficient (Wildman–Crippen LogP) is 3.25. The van der Waals surface area contributed by atoms with E-state index in [2.05, 4.69) is 26.4 Å². The molecular weight excluding hydrogens is 340 g/mol. The van der Waals surface area contributed by atoms with Gasteiger partial charge in [-0.1, -0.05) is 12.1 Å². The third-order valence-corrected chi connectivity index (χ3v) is 6.71. The van der Waals surface area contributed by atoms with Crippen molar-refractivity contribution in [2.75, 3.05) is 19.6 Å². The maximum atomic E-state index is 12.4. The molecule has 1 aliphatic heterocycles. The van der Waals surface area contributed by atoms with E-state index < -0.39 is 10.0 Å². The lowest BCUT2D eigenvalue weighted by atomic mass is 9.97. The first-order chi connectivity index (χ1) is 11.5. The van der Waals surface area contributed by atoms with Crippen LogP contribution in [0.4, 0.5) is 0 Å². The first-order valence-corrected chi connectivity index (χ1v) is 10.8. The van der Waals surface area contributed by atoms with Crippen LogP contribution in [-0.2, 0) is 16.6 Å². The average Bonchev–Trinajstić information content (AvgIpc) is 3.07. The molecule has 0 spiro atoms. The van der Waals surface area contributed by atoms with Crippen LogP contribution in [0.5, 0.6) is 0 Å². The van der Waals surface area contributed by atoms with E-state index in [9.17, 15) is 8.42 Å². The molecule has 4 nitrogen and oxygen atoms in total. The molecule has 0 radical (unpaired) electrons. The molecule has 1 aromatic heterocycles. The van der Waals surface area contributed by atoms with Crippen molar-refractivity contribution in [1.29, 1.82) is 0 Å². The number of thiophene rings is 1. The Morgan fingerprint density at radius 1 is 1.25 bits per heavy atom. The number of nitrogens with zero attached hydrogens (tertiary/aromatic N) is 1. The number of rotatable bonds is 6. The third kappa shape index (κ3) is 4.66. The Kier molecular flexibility index (Phi) is 5.71. The highest BCUT2D eigenvalue weighted by atomic mass is 32.2. The van der Waals surface area contributed by atoms with Crippen LogP contribution < -0.4 is 4.72 Å². The molecule has 1 aromatic carbocycles. The number of likely N-dealkylation sites (tertiary alicyclic amines) is 1. The fourth-order valence-electron chi connectivity index (χ4n) is 3.08. The average molecular weight is 365 g/mol. The zero-order chi connectivity index (χ0) is 17.0. The predicted molar refractivity (Wildman–Crippen MR) is 98.7 cm³/mol. The van der Waals surface area contributed by atoms with Crippen molar-refractivity contribution < 1.29 is 8.42 Å². The summed E-state index contributed by atoms with van der Waals surface area (Å²) in [5, 5.41) is 4.31. The molecule has 2 heterocycles. The van der Waals surface area contributed by atoms with Gasteiger partial charge in [0.15, 0.2) is 0 Å². The fourth-order valence-corrected chi connectivity index (χ4v) is 4.96. The lowest BCUT2D eigenvalue weighted by Crippen LogP contribution is -2.38. The first-order valence-electron chi connectivity index (χ1n) is 8.33. The first kappa shape index (κ1) is 17.6. The summed E-state index contributed by atoms with van der Waals surface area (Å²) < 4.78 is 27.6. The minimum absolute atomic E-state index is 0.359. The second kappa shape index (κ2) is 7.78. The zero-order valence-corrected chi connectivity index (χ0v) is 15.6. The van der Waals surface area contributed by atoms with Crippen molar-refractivity contribution in [1.82, 2.24) is 9.62 Å². The van der Waals surface area contributed by atoms with Crippen molar-refractivity contribution >= 4 is 21.4 Å². The molecule has 1 aliphatic rings. The number of hydrogen-bond acceptors (Lipinski definition) is 4. The Morgan fingerprint density at radius 2 is 2.04 bits per heavy atom. The second-order valence-electron chi connectivity index (χ2n) is 6.52. The van der Waals surface area contributed by atoms with Crippen LogP contribution in [0.1, 0.15) is 24.0 Å². The van der Waals surface area contributed by atoms with Crippen molar-refractivity contribution in [2.45, 2.75) is 31.2 Å². The van der Waals surface area contributed by atoms with E-state index in [1.165, 1.54) is 5.56 Å². The van der Waals surface area contributed by atoms with Crippen molar-refractivity contribution in [2.24, 2.45) is 5.92 Å². The molecule has 6 heteroatoms. The van der Waals surface area contributed by atoms with E-state index in [0.717, 1.165) is 38.0 Å². The molecule has 130 valence electrons. The van der Waals surface area contributed by atoms with Crippen LogP contribution >= 0.6 is 11.3 Å². The molecule has 2 aromatic rings. The van der Waals surface area contributed by atoms with Gasteiger partial charge in [-0.3, -0.25) is 4.90 Å². The molecule has 0 aliphatic carbocycles. The quantitative estimate of drug-likeness (QED) is 0.856. The minimum atomic E-state index is -3.40. The number of nitrogens with one attached hydrogen (secondary N) is 1. The lowest BCUT2D eigenvalue weighted by Gasteiger charge is -2.31. The summed E-state index contributed by atoms with van der Waals surface area (Å²) in [7, 11) is -3.40. The normalized spacial score (nSPS) is 17.2. The molecule has 1 N–H and O–H groups in total. The van der Waals surface area contributed by atoms with Crippen LogP contribution in [0, 0.1) is 12.8 Å². The van der Waals surface area contributed by atoms with Crippen LogP contribution in [0.2, 0.25) is 0 Å². The maximum absolute atomic E-state index is 12.4. The van der Waals surface area contributed by atoms with E-state index >= 15 is 0 Å². The molecule has 0 unspecified atom stereocenters. The standard InChI is InChI=1S/C18H24N2O2S2/c1-15-3-2-4-18(11-15)24(21,22)19-12-16-5-8-20(9-6-16)13-17-7-10-23-14-17/h2-4,7,10-11,14,16,19H,5-6,8-9,12-13H2,1H3. The molecule has 1 fully saturated rings. The van der Waals surface area contributed by atoms with Gasteiger partial charge in [-0.15, -0.1) is 0 Å². The topological polar surface area (TPSA) is 49.4 Å². The monoisotopic (exact) mass is 364 g/mol. The van der Waals surface area contributed by atoms with Gasteiger partial charge >= 0.3 is 0 Å². The zero-order valence-electron chi connectivity index (χ0n) is 13.9. The summed E-state index contributed by atoms with van der Waals surface area (Å²) >= 11 is 1.74. The summed E-state index contributed by atoms with van der Waals surface area (Å²) in [4.78, 5) is 2.81. The Hall–Kier alpha value is -1.21. The van der Waals surface area contributed by atoms with E-state index in [-0.39, 0.29) is 0 Å². The van der Waals surface area contributed by atoms with Gasteiger partial charge in [0.1, 0.15) is 0 Å². The van der Waals surface area contributed by atoms with Crippen LogP contribution in [0.25, 0.3) is 0 Å². The molecule has 24 heavy (non-hydrogen) atoms. The number of hydrogen-bond donors (Lipinski definition) is 1. The highest BCUT2D eigenvalue weighted by Gasteiger charge is 2.22. The molecule has 0 saturated carbocycles. The van der Waals surface area contributed by atoms with Gasteiger partial charge in [0.25, 0.3) is 0 Å². The molecule has 0 amide bonds.